The average Bonchev–Trinajstić information content (AvgIpc) is 3.58. The van der Waals surface area contributed by atoms with Gasteiger partial charge in [-0.05, 0) is 43.6 Å². The maximum Gasteiger partial charge on any atom is 0.226 e. The van der Waals surface area contributed by atoms with Crippen LogP contribution in [0.25, 0.3) is 0 Å². The van der Waals surface area contributed by atoms with Gasteiger partial charge in [-0.25, -0.2) is 0 Å². The van der Waals surface area contributed by atoms with Gasteiger partial charge in [0.25, 0.3) is 0 Å². The number of hydrogen-bond acceptors (Lipinski definition) is 8. The van der Waals surface area contributed by atoms with E-state index in [0.717, 1.165) is 24.0 Å². The molecule has 8 nitrogen and oxygen atoms in total. The van der Waals surface area contributed by atoms with Crippen molar-refractivity contribution in [3.8, 4) is 17.5 Å². The van der Waals surface area contributed by atoms with Crippen LogP contribution in [0.15, 0.2) is 60.7 Å². The van der Waals surface area contributed by atoms with Crippen LogP contribution >= 0.6 is 0 Å². The van der Waals surface area contributed by atoms with Crippen LogP contribution in [0.4, 0.5) is 0 Å². The minimum Gasteiger partial charge on any atom is -0.481 e. The van der Waals surface area contributed by atoms with Gasteiger partial charge in [0.2, 0.25) is 11.8 Å². The van der Waals surface area contributed by atoms with Crippen molar-refractivity contribution in [3.63, 3.8) is 0 Å². The first-order chi connectivity index (χ1) is 18.2. The summed E-state index contributed by atoms with van der Waals surface area (Å²) >= 11 is 0. The second-order valence-electron chi connectivity index (χ2n) is 11.0. The van der Waals surface area contributed by atoms with Gasteiger partial charge in [-0.1, -0.05) is 54.6 Å². The molecular weight excluding hydrogens is 484 g/mol. The van der Waals surface area contributed by atoms with Gasteiger partial charge in [0.05, 0.1) is 31.5 Å². The molecular formula is C30H34N2O6. The number of fused-ring (bicyclic) bond motifs is 3. The Labute approximate surface area is 222 Å². The van der Waals surface area contributed by atoms with Crippen LogP contribution in [-0.4, -0.2) is 66.2 Å². The van der Waals surface area contributed by atoms with Crippen molar-refractivity contribution in [1.29, 1.82) is 0 Å². The van der Waals surface area contributed by atoms with E-state index >= 15 is 0 Å². The van der Waals surface area contributed by atoms with Gasteiger partial charge in [0, 0.05) is 24.4 Å². The molecule has 0 saturated heterocycles. The second kappa shape index (κ2) is 8.68. The summed E-state index contributed by atoms with van der Waals surface area (Å²) in [7, 11) is 6.88. The highest BCUT2D eigenvalue weighted by molar-refractivity contribution is 5.60. The van der Waals surface area contributed by atoms with Gasteiger partial charge in [0.1, 0.15) is 5.75 Å². The first-order valence-corrected chi connectivity index (χ1v) is 13.0. The molecule has 0 radical (unpaired) electrons. The maximum atomic E-state index is 12.9. The number of aliphatic hydroxyl groups is 3. The Balaban J connectivity index is 1.64. The fourth-order valence-corrected chi connectivity index (χ4v) is 6.72. The lowest BCUT2D eigenvalue weighted by atomic mass is 9.70. The Bertz CT molecular complexity index is 1340. The van der Waals surface area contributed by atoms with Gasteiger partial charge < -0.3 is 34.4 Å². The summed E-state index contributed by atoms with van der Waals surface area (Å²) in [5, 5.41) is 35.7. The molecule has 38 heavy (non-hydrogen) atoms. The highest BCUT2D eigenvalue weighted by Gasteiger charge is 2.77. The monoisotopic (exact) mass is 518 g/mol. The fraction of sp³-hybridized carbons (Fsp3) is 0.433. The minimum absolute atomic E-state index is 0.143. The first kappa shape index (κ1) is 25.1. The maximum absolute atomic E-state index is 12.9. The number of benzene rings is 2. The molecule has 1 aromatic heterocycles. The van der Waals surface area contributed by atoms with Gasteiger partial charge in [-0.3, -0.25) is 0 Å². The Morgan fingerprint density at radius 1 is 0.974 bits per heavy atom. The fourth-order valence-electron chi connectivity index (χ4n) is 6.72. The van der Waals surface area contributed by atoms with E-state index in [0.29, 0.717) is 23.4 Å². The van der Waals surface area contributed by atoms with Crippen LogP contribution < -0.4 is 14.2 Å². The molecule has 1 aliphatic heterocycles. The largest absolute Gasteiger partial charge is 0.481 e. The third-order valence-electron chi connectivity index (χ3n) is 8.56. The normalized spacial score (nSPS) is 30.5. The van der Waals surface area contributed by atoms with Crippen molar-refractivity contribution < 1.29 is 29.5 Å². The predicted octanol–water partition coefficient (Wildman–Crippen LogP) is 2.89. The number of rotatable bonds is 7. The Morgan fingerprint density at radius 3 is 2.21 bits per heavy atom. The lowest BCUT2D eigenvalue weighted by Crippen LogP contribution is -2.52. The minimum atomic E-state index is -1.90. The van der Waals surface area contributed by atoms with Gasteiger partial charge in [0.15, 0.2) is 11.2 Å². The Morgan fingerprint density at radius 2 is 1.63 bits per heavy atom. The van der Waals surface area contributed by atoms with Crippen molar-refractivity contribution in [2.45, 2.75) is 41.7 Å². The van der Waals surface area contributed by atoms with Crippen LogP contribution in [0.1, 0.15) is 41.0 Å². The van der Waals surface area contributed by atoms with E-state index in [1.165, 1.54) is 14.2 Å². The van der Waals surface area contributed by atoms with Crippen LogP contribution in [-0.2, 0) is 16.8 Å². The molecule has 2 heterocycles. The van der Waals surface area contributed by atoms with E-state index in [9.17, 15) is 15.3 Å². The smallest absolute Gasteiger partial charge is 0.226 e. The number of methoxy groups -OCH3 is 2. The highest BCUT2D eigenvalue weighted by Crippen LogP contribution is 2.70. The van der Waals surface area contributed by atoms with E-state index in [1.54, 1.807) is 6.07 Å². The summed E-state index contributed by atoms with van der Waals surface area (Å²) in [6.07, 6.45) is 0.234. The van der Waals surface area contributed by atoms with Crippen molar-refractivity contribution in [2.75, 3.05) is 34.9 Å². The molecule has 2 saturated carbocycles. The standard InChI is InChI=1S/C30H34N2O6/c1-32(2)17-21-24(18-8-6-5-7-9-18)30(20-12-10-19(11-13-20)28(34)14-15-28)29(35,26(21)33)25-22(38-30)16-23(36-3)31-27(25)37-4/h5-13,16,21,24,26,33-35H,14-15,17H2,1-4H3/t21-,24-,26-,29+,30+/m1/s1. The molecule has 2 aliphatic carbocycles. The number of pyridine rings is 1. The summed E-state index contributed by atoms with van der Waals surface area (Å²) < 4.78 is 17.9. The van der Waals surface area contributed by atoms with Crippen LogP contribution in [0, 0.1) is 5.92 Å². The second-order valence-corrected chi connectivity index (χ2v) is 11.0. The summed E-state index contributed by atoms with van der Waals surface area (Å²) in [5.41, 5.74) is -1.34. The number of aromatic nitrogens is 1. The molecule has 8 heteroatoms. The van der Waals surface area contributed by atoms with E-state index in [2.05, 4.69) is 4.98 Å². The molecule has 0 spiro atoms. The van der Waals surface area contributed by atoms with Crippen LogP contribution in [0.2, 0.25) is 0 Å². The Kier molecular flexibility index (Phi) is 5.74. The molecule has 0 amide bonds. The molecule has 0 bridgehead atoms. The molecule has 3 aromatic rings. The zero-order valence-corrected chi connectivity index (χ0v) is 22.1. The van der Waals surface area contributed by atoms with Crippen molar-refractivity contribution in [2.24, 2.45) is 5.92 Å². The van der Waals surface area contributed by atoms with E-state index < -0.39 is 34.7 Å². The molecule has 2 fully saturated rings. The van der Waals surface area contributed by atoms with Crippen LogP contribution in [0.5, 0.6) is 17.5 Å². The average molecular weight is 519 g/mol. The van der Waals surface area contributed by atoms with Gasteiger partial charge in [-0.15, -0.1) is 0 Å². The number of aliphatic hydroxyl groups excluding tert-OH is 1. The van der Waals surface area contributed by atoms with Crippen LogP contribution in [0.3, 0.4) is 0 Å². The predicted molar refractivity (Wildman–Crippen MR) is 140 cm³/mol. The topological polar surface area (TPSA) is 105 Å². The summed E-state index contributed by atoms with van der Waals surface area (Å²) in [4.78, 5) is 6.46. The van der Waals surface area contributed by atoms with Crippen molar-refractivity contribution in [1.82, 2.24) is 9.88 Å². The number of hydrogen-bond donors (Lipinski definition) is 3. The third-order valence-corrected chi connectivity index (χ3v) is 8.56. The van der Waals surface area contributed by atoms with Crippen molar-refractivity contribution >= 4 is 0 Å². The zero-order valence-electron chi connectivity index (χ0n) is 22.1. The van der Waals surface area contributed by atoms with Gasteiger partial charge >= 0.3 is 0 Å². The summed E-state index contributed by atoms with van der Waals surface area (Å²) in [5.74, 6) is -0.0664. The molecule has 0 unspecified atom stereocenters. The van der Waals surface area contributed by atoms with Gasteiger partial charge in [-0.2, -0.15) is 4.98 Å². The SMILES string of the molecule is COc1cc2c(c(OC)n1)[C@]1(O)[C@H](O)[C@H](CN(C)C)[C@@H](c3ccccc3)[C@]1(c1ccc(C3(O)CC3)cc1)O2. The lowest BCUT2D eigenvalue weighted by molar-refractivity contribution is -0.152. The number of ether oxygens (including phenoxy) is 3. The molecule has 6 rings (SSSR count). The highest BCUT2D eigenvalue weighted by atomic mass is 16.5. The van der Waals surface area contributed by atoms with E-state index in [1.807, 2.05) is 73.6 Å². The quantitative estimate of drug-likeness (QED) is 0.439. The molecule has 3 N–H and O–H groups in total. The third kappa shape index (κ3) is 3.34. The van der Waals surface area contributed by atoms with Crippen molar-refractivity contribution in [3.05, 3.63) is 82.9 Å². The summed E-state index contributed by atoms with van der Waals surface area (Å²) in [6, 6.07) is 19.1. The lowest BCUT2D eigenvalue weighted by Gasteiger charge is -2.41. The molecule has 200 valence electrons. The summed E-state index contributed by atoms with van der Waals surface area (Å²) in [6.45, 7) is 0.507. The molecule has 5 atom stereocenters. The van der Waals surface area contributed by atoms with E-state index in [4.69, 9.17) is 14.2 Å². The first-order valence-electron chi connectivity index (χ1n) is 13.0. The molecule has 2 aromatic carbocycles. The zero-order chi connectivity index (χ0) is 26.9. The number of nitrogens with zero attached hydrogens (tertiary/aromatic N) is 2. The molecule has 3 aliphatic rings. The van der Waals surface area contributed by atoms with E-state index in [-0.39, 0.29) is 11.8 Å². The Hall–Kier alpha value is -3.17.